The van der Waals surface area contributed by atoms with E-state index in [2.05, 4.69) is 23.1 Å². The average molecular weight is 298 g/mol. The number of fused-ring (bicyclic) bond motifs is 1. The zero-order valence-corrected chi connectivity index (χ0v) is 12.9. The van der Waals surface area contributed by atoms with E-state index in [0.29, 0.717) is 11.5 Å². The van der Waals surface area contributed by atoms with E-state index in [1.807, 2.05) is 0 Å². The van der Waals surface area contributed by atoms with Crippen molar-refractivity contribution in [3.05, 3.63) is 42.5 Å². The summed E-state index contributed by atoms with van der Waals surface area (Å²) in [5.41, 5.74) is 3.13. The van der Waals surface area contributed by atoms with E-state index in [9.17, 15) is 0 Å². The largest absolute Gasteiger partial charge is 0.380 e. The van der Waals surface area contributed by atoms with E-state index in [4.69, 9.17) is 14.7 Å². The van der Waals surface area contributed by atoms with Gasteiger partial charge in [0, 0.05) is 37.2 Å². The summed E-state index contributed by atoms with van der Waals surface area (Å²) in [6, 6.07) is 0. The minimum atomic E-state index is 0.649. The van der Waals surface area contributed by atoms with E-state index >= 15 is 0 Å². The highest BCUT2D eigenvalue weighted by atomic mass is 16.5. The molecule has 1 aliphatic heterocycles. The highest BCUT2D eigenvalue weighted by Crippen LogP contribution is 2.29. The molecule has 1 aliphatic carbocycles. The number of hydrogen-bond acceptors (Lipinski definition) is 5. The first-order chi connectivity index (χ1) is 10.8. The predicted octanol–water partition coefficient (Wildman–Crippen LogP) is 2.31. The van der Waals surface area contributed by atoms with Crippen molar-refractivity contribution in [3.63, 3.8) is 0 Å². The topological polar surface area (TPSA) is 50.6 Å². The molecule has 1 aromatic heterocycles. The molecule has 0 aromatic carbocycles. The standard InChI is InChI=1S/C17H22N4O/c1-3-14(18-4-2)16-19-15-8-5-7-13(15)17(20-16)21-9-6-11-22-12-10-21/h3-4H,1-2,5-12H2. The number of hydrogen-bond donors (Lipinski definition) is 0. The van der Waals surface area contributed by atoms with Crippen LogP contribution in [0.15, 0.2) is 30.4 Å². The van der Waals surface area contributed by atoms with Gasteiger partial charge in [-0.2, -0.15) is 0 Å². The van der Waals surface area contributed by atoms with Crippen LogP contribution in [-0.4, -0.2) is 42.0 Å². The molecule has 3 rings (SSSR count). The third kappa shape index (κ3) is 2.95. The third-order valence-corrected chi connectivity index (χ3v) is 4.09. The number of aryl methyl sites for hydroxylation is 1. The van der Waals surface area contributed by atoms with Crippen molar-refractivity contribution in [2.45, 2.75) is 25.7 Å². The summed E-state index contributed by atoms with van der Waals surface area (Å²) in [5, 5.41) is 0. The van der Waals surface area contributed by atoms with Crippen LogP contribution in [0.3, 0.4) is 0 Å². The van der Waals surface area contributed by atoms with Crippen LogP contribution in [-0.2, 0) is 17.6 Å². The second-order valence-electron chi connectivity index (χ2n) is 5.50. The Morgan fingerprint density at radius 3 is 2.86 bits per heavy atom. The summed E-state index contributed by atoms with van der Waals surface area (Å²) in [7, 11) is 0. The summed E-state index contributed by atoms with van der Waals surface area (Å²) in [6.45, 7) is 10.9. The van der Waals surface area contributed by atoms with E-state index in [1.165, 1.54) is 11.8 Å². The van der Waals surface area contributed by atoms with Crippen LogP contribution < -0.4 is 4.90 Å². The maximum absolute atomic E-state index is 5.56. The second-order valence-corrected chi connectivity index (χ2v) is 5.50. The van der Waals surface area contributed by atoms with Crippen molar-refractivity contribution in [1.29, 1.82) is 0 Å². The fraction of sp³-hybridized carbons (Fsp3) is 0.471. The Bertz CT molecular complexity index is 601. The molecule has 0 spiro atoms. The number of aliphatic imine (C=N–C) groups is 1. The first-order valence-corrected chi connectivity index (χ1v) is 7.87. The lowest BCUT2D eigenvalue weighted by Crippen LogP contribution is -2.29. The Kier molecular flexibility index (Phi) is 4.63. The molecule has 1 fully saturated rings. The first-order valence-electron chi connectivity index (χ1n) is 7.87. The maximum atomic E-state index is 5.56. The number of nitrogens with zero attached hydrogens (tertiary/aromatic N) is 4. The van der Waals surface area contributed by atoms with Gasteiger partial charge in [0.15, 0.2) is 5.82 Å². The maximum Gasteiger partial charge on any atom is 0.180 e. The summed E-state index contributed by atoms with van der Waals surface area (Å²) in [5.74, 6) is 1.71. The zero-order valence-electron chi connectivity index (χ0n) is 12.9. The molecular formula is C17H22N4O. The van der Waals surface area contributed by atoms with Gasteiger partial charge in [-0.3, -0.25) is 4.99 Å². The van der Waals surface area contributed by atoms with Crippen LogP contribution in [0.4, 0.5) is 5.82 Å². The van der Waals surface area contributed by atoms with Gasteiger partial charge in [0.1, 0.15) is 11.5 Å². The quantitative estimate of drug-likeness (QED) is 0.800. The highest BCUT2D eigenvalue weighted by molar-refractivity contribution is 6.06. The van der Waals surface area contributed by atoms with Gasteiger partial charge in [0.05, 0.1) is 6.61 Å². The number of anilines is 1. The lowest BCUT2D eigenvalue weighted by molar-refractivity contribution is 0.152. The van der Waals surface area contributed by atoms with Crippen LogP contribution in [0.25, 0.3) is 0 Å². The number of ether oxygens (including phenoxy) is 1. The van der Waals surface area contributed by atoms with E-state index in [-0.39, 0.29) is 0 Å². The summed E-state index contributed by atoms with van der Waals surface area (Å²) in [4.78, 5) is 16.1. The van der Waals surface area contributed by atoms with Crippen molar-refractivity contribution in [1.82, 2.24) is 9.97 Å². The van der Waals surface area contributed by atoms with Crippen molar-refractivity contribution in [3.8, 4) is 0 Å². The van der Waals surface area contributed by atoms with Gasteiger partial charge < -0.3 is 9.64 Å². The van der Waals surface area contributed by atoms with Crippen LogP contribution in [0.1, 0.15) is 29.9 Å². The number of allylic oxidation sites excluding steroid dienone is 1. The normalized spacial score (nSPS) is 18.7. The Labute approximate surface area is 131 Å². The van der Waals surface area contributed by atoms with Crippen LogP contribution >= 0.6 is 0 Å². The van der Waals surface area contributed by atoms with E-state index in [1.54, 1.807) is 6.08 Å². The molecule has 0 N–H and O–H groups in total. The molecule has 2 aliphatic rings. The fourth-order valence-corrected chi connectivity index (χ4v) is 3.05. The van der Waals surface area contributed by atoms with Gasteiger partial charge in [-0.15, -0.1) is 0 Å². The minimum Gasteiger partial charge on any atom is -0.380 e. The Balaban J connectivity index is 2.04. The van der Waals surface area contributed by atoms with Crippen LogP contribution in [0.5, 0.6) is 0 Å². The molecule has 5 nitrogen and oxygen atoms in total. The molecular weight excluding hydrogens is 276 g/mol. The van der Waals surface area contributed by atoms with Gasteiger partial charge in [-0.05, 0) is 31.8 Å². The zero-order chi connectivity index (χ0) is 15.4. The minimum absolute atomic E-state index is 0.649. The second kappa shape index (κ2) is 6.83. The Morgan fingerprint density at radius 2 is 2.05 bits per heavy atom. The Morgan fingerprint density at radius 1 is 1.14 bits per heavy atom. The van der Waals surface area contributed by atoms with Crippen molar-refractivity contribution in [2.24, 2.45) is 4.99 Å². The predicted molar refractivity (Wildman–Crippen MR) is 88.6 cm³/mol. The molecule has 0 radical (unpaired) electrons. The lowest BCUT2D eigenvalue weighted by Gasteiger charge is -2.24. The third-order valence-electron chi connectivity index (χ3n) is 4.09. The van der Waals surface area contributed by atoms with E-state index in [0.717, 1.165) is 63.5 Å². The molecule has 1 saturated heterocycles. The SMILES string of the molecule is C=CN=C(C=C)c1nc2c(c(N3CCCOCC3)n1)CCC2. The van der Waals surface area contributed by atoms with Gasteiger partial charge >= 0.3 is 0 Å². The molecule has 5 heteroatoms. The van der Waals surface area contributed by atoms with Crippen molar-refractivity contribution < 1.29 is 4.74 Å². The molecule has 0 bridgehead atoms. The molecule has 0 unspecified atom stereocenters. The van der Waals surface area contributed by atoms with Gasteiger partial charge in [0.25, 0.3) is 0 Å². The van der Waals surface area contributed by atoms with Gasteiger partial charge in [0.2, 0.25) is 0 Å². The summed E-state index contributed by atoms with van der Waals surface area (Å²) >= 11 is 0. The van der Waals surface area contributed by atoms with Crippen LogP contribution in [0.2, 0.25) is 0 Å². The number of rotatable bonds is 4. The molecule has 0 atom stereocenters. The fourth-order valence-electron chi connectivity index (χ4n) is 3.05. The molecule has 22 heavy (non-hydrogen) atoms. The molecule has 116 valence electrons. The molecule has 1 aromatic rings. The smallest absolute Gasteiger partial charge is 0.180 e. The van der Waals surface area contributed by atoms with Gasteiger partial charge in [-0.1, -0.05) is 13.2 Å². The summed E-state index contributed by atoms with van der Waals surface area (Å²) in [6.07, 6.45) is 7.45. The average Bonchev–Trinajstić information content (AvgIpc) is 2.85. The molecule has 0 amide bonds. The highest BCUT2D eigenvalue weighted by Gasteiger charge is 2.24. The van der Waals surface area contributed by atoms with Crippen LogP contribution in [0, 0.1) is 0 Å². The lowest BCUT2D eigenvalue weighted by atomic mass is 10.2. The van der Waals surface area contributed by atoms with Crippen molar-refractivity contribution in [2.75, 3.05) is 31.2 Å². The van der Waals surface area contributed by atoms with Crippen molar-refractivity contribution >= 4 is 11.5 Å². The van der Waals surface area contributed by atoms with E-state index < -0.39 is 0 Å². The molecule has 0 saturated carbocycles. The molecule has 2 heterocycles. The van der Waals surface area contributed by atoms with Gasteiger partial charge in [-0.25, -0.2) is 9.97 Å². The first kappa shape index (κ1) is 14.9. The number of aromatic nitrogens is 2. The Hall–Kier alpha value is -2.01. The monoisotopic (exact) mass is 298 g/mol. The summed E-state index contributed by atoms with van der Waals surface area (Å²) < 4.78 is 5.56.